The van der Waals surface area contributed by atoms with Crippen molar-refractivity contribution in [1.82, 2.24) is 25.0 Å². The molecule has 2 heterocycles. The first kappa shape index (κ1) is 20.3. The van der Waals surface area contributed by atoms with Gasteiger partial charge in [0.05, 0.1) is 12.6 Å². The molecule has 1 aromatic heterocycles. The van der Waals surface area contributed by atoms with E-state index in [2.05, 4.69) is 44.6 Å². The second-order valence-electron chi connectivity index (χ2n) is 7.80. The van der Waals surface area contributed by atoms with E-state index in [1.807, 2.05) is 24.3 Å². The normalized spacial score (nSPS) is 15.2. The summed E-state index contributed by atoms with van der Waals surface area (Å²) in [4.78, 5) is 18.7. The van der Waals surface area contributed by atoms with Crippen LogP contribution in [-0.4, -0.2) is 49.9 Å². The highest BCUT2D eigenvalue weighted by Gasteiger charge is 2.16. The van der Waals surface area contributed by atoms with Crippen molar-refractivity contribution in [2.45, 2.75) is 38.6 Å². The van der Waals surface area contributed by atoms with E-state index in [1.54, 1.807) is 11.0 Å². The van der Waals surface area contributed by atoms with E-state index in [4.69, 9.17) is 0 Å². The Hall–Kier alpha value is -3.03. The SMILES string of the molecule is O=C(NCc1ccc(CN2CCC(O)CC2)cc1)c1ccc(Cn2cncn2)cc1. The monoisotopic (exact) mass is 405 g/mol. The van der Waals surface area contributed by atoms with Gasteiger partial charge in [0.15, 0.2) is 0 Å². The summed E-state index contributed by atoms with van der Waals surface area (Å²) in [7, 11) is 0. The Morgan fingerprint density at radius 1 is 0.967 bits per heavy atom. The molecule has 4 rings (SSSR count). The molecule has 0 saturated carbocycles. The van der Waals surface area contributed by atoms with Crippen molar-refractivity contribution in [2.75, 3.05) is 13.1 Å². The number of carbonyl (C=O) groups is 1. The van der Waals surface area contributed by atoms with Crippen molar-refractivity contribution < 1.29 is 9.90 Å². The van der Waals surface area contributed by atoms with Gasteiger partial charge in [0.25, 0.3) is 5.91 Å². The first-order valence-corrected chi connectivity index (χ1v) is 10.3. The summed E-state index contributed by atoms with van der Waals surface area (Å²) in [6.45, 7) is 3.91. The van der Waals surface area contributed by atoms with Crippen LogP contribution in [0.4, 0.5) is 0 Å². The zero-order valence-electron chi connectivity index (χ0n) is 16.9. The Balaban J connectivity index is 1.25. The first-order valence-electron chi connectivity index (χ1n) is 10.3. The number of nitrogens with one attached hydrogen (secondary N) is 1. The minimum Gasteiger partial charge on any atom is -0.393 e. The summed E-state index contributed by atoms with van der Waals surface area (Å²) in [5, 5.41) is 16.7. The standard InChI is InChI=1S/C23H27N5O2/c29-22-9-11-27(12-10-22)14-19-3-1-18(2-4-19)13-25-23(30)21-7-5-20(6-8-21)15-28-17-24-16-26-28/h1-8,16-17,22,29H,9-15H2,(H,25,30). The van der Waals surface area contributed by atoms with Crippen LogP contribution in [0.3, 0.4) is 0 Å². The number of carbonyl (C=O) groups excluding carboxylic acids is 1. The maximum absolute atomic E-state index is 12.4. The van der Waals surface area contributed by atoms with Crippen molar-refractivity contribution >= 4 is 5.91 Å². The second-order valence-corrected chi connectivity index (χ2v) is 7.80. The fourth-order valence-electron chi connectivity index (χ4n) is 3.65. The van der Waals surface area contributed by atoms with Crippen LogP contribution in [0.2, 0.25) is 0 Å². The average Bonchev–Trinajstić information content (AvgIpc) is 3.28. The molecule has 0 unspecified atom stereocenters. The predicted octanol–water partition coefficient (Wildman–Crippen LogP) is 2.21. The number of aliphatic hydroxyl groups is 1. The molecule has 7 nitrogen and oxygen atoms in total. The quantitative estimate of drug-likeness (QED) is 0.630. The van der Waals surface area contributed by atoms with Gasteiger partial charge < -0.3 is 10.4 Å². The molecule has 2 N–H and O–H groups in total. The molecule has 1 amide bonds. The number of benzene rings is 2. The van der Waals surface area contributed by atoms with Gasteiger partial charge in [-0.1, -0.05) is 36.4 Å². The van der Waals surface area contributed by atoms with Crippen LogP contribution in [0, 0.1) is 0 Å². The molecule has 7 heteroatoms. The number of rotatable bonds is 7. The second kappa shape index (κ2) is 9.65. The summed E-state index contributed by atoms with van der Waals surface area (Å²) in [5.74, 6) is -0.0849. The van der Waals surface area contributed by atoms with E-state index in [0.717, 1.165) is 43.6 Å². The number of likely N-dealkylation sites (tertiary alicyclic amines) is 1. The fourth-order valence-corrected chi connectivity index (χ4v) is 3.65. The fraction of sp³-hybridized carbons (Fsp3) is 0.348. The molecular formula is C23H27N5O2. The number of hydrogen-bond donors (Lipinski definition) is 2. The van der Waals surface area contributed by atoms with Gasteiger partial charge in [-0.3, -0.25) is 9.69 Å². The van der Waals surface area contributed by atoms with E-state index >= 15 is 0 Å². The van der Waals surface area contributed by atoms with Crippen LogP contribution >= 0.6 is 0 Å². The Kier molecular flexibility index (Phi) is 6.51. The summed E-state index contributed by atoms with van der Waals surface area (Å²) in [5.41, 5.74) is 4.03. The van der Waals surface area contributed by atoms with Crippen molar-refractivity contribution in [3.63, 3.8) is 0 Å². The lowest BCUT2D eigenvalue weighted by atomic mass is 10.1. The Morgan fingerprint density at radius 3 is 2.27 bits per heavy atom. The van der Waals surface area contributed by atoms with E-state index in [1.165, 1.54) is 11.9 Å². The van der Waals surface area contributed by atoms with Crippen molar-refractivity contribution in [1.29, 1.82) is 0 Å². The number of hydrogen-bond acceptors (Lipinski definition) is 5. The summed E-state index contributed by atoms with van der Waals surface area (Å²) in [6, 6.07) is 15.9. The van der Waals surface area contributed by atoms with E-state index in [-0.39, 0.29) is 12.0 Å². The van der Waals surface area contributed by atoms with Gasteiger partial charge in [0.1, 0.15) is 12.7 Å². The predicted molar refractivity (Wildman–Crippen MR) is 114 cm³/mol. The molecule has 156 valence electrons. The Morgan fingerprint density at radius 2 is 1.60 bits per heavy atom. The van der Waals surface area contributed by atoms with Gasteiger partial charge in [0.2, 0.25) is 0 Å². The lowest BCUT2D eigenvalue weighted by molar-refractivity contribution is 0.0792. The van der Waals surface area contributed by atoms with Crippen LogP contribution in [-0.2, 0) is 19.6 Å². The number of aliphatic hydroxyl groups excluding tert-OH is 1. The minimum atomic E-state index is -0.142. The molecule has 30 heavy (non-hydrogen) atoms. The highest BCUT2D eigenvalue weighted by molar-refractivity contribution is 5.94. The average molecular weight is 406 g/mol. The Bertz CT molecular complexity index is 931. The van der Waals surface area contributed by atoms with Gasteiger partial charge in [-0.25, -0.2) is 9.67 Å². The lowest BCUT2D eigenvalue weighted by Gasteiger charge is -2.29. The lowest BCUT2D eigenvalue weighted by Crippen LogP contribution is -2.35. The van der Waals surface area contributed by atoms with Crippen LogP contribution in [0.5, 0.6) is 0 Å². The highest BCUT2D eigenvalue weighted by atomic mass is 16.3. The van der Waals surface area contributed by atoms with Crippen molar-refractivity contribution in [3.05, 3.63) is 83.4 Å². The molecule has 2 aromatic carbocycles. The Labute approximate surface area is 176 Å². The van der Waals surface area contributed by atoms with Gasteiger partial charge in [-0.15, -0.1) is 0 Å². The van der Waals surface area contributed by atoms with Crippen LogP contribution in [0.1, 0.15) is 39.9 Å². The molecule has 1 aliphatic rings. The maximum Gasteiger partial charge on any atom is 0.251 e. The van der Waals surface area contributed by atoms with Gasteiger partial charge in [-0.2, -0.15) is 5.10 Å². The van der Waals surface area contributed by atoms with E-state index in [0.29, 0.717) is 18.7 Å². The third-order valence-electron chi connectivity index (χ3n) is 5.47. The molecule has 1 saturated heterocycles. The smallest absolute Gasteiger partial charge is 0.251 e. The van der Waals surface area contributed by atoms with E-state index < -0.39 is 0 Å². The number of nitrogens with zero attached hydrogens (tertiary/aromatic N) is 4. The minimum absolute atomic E-state index is 0.0849. The summed E-state index contributed by atoms with van der Waals surface area (Å²) >= 11 is 0. The third kappa shape index (κ3) is 5.52. The molecule has 0 radical (unpaired) electrons. The highest BCUT2D eigenvalue weighted by Crippen LogP contribution is 2.14. The topological polar surface area (TPSA) is 83.3 Å². The molecule has 1 fully saturated rings. The maximum atomic E-state index is 12.4. The zero-order chi connectivity index (χ0) is 20.8. The molecule has 1 aliphatic heterocycles. The zero-order valence-corrected chi connectivity index (χ0v) is 16.9. The number of amides is 1. The van der Waals surface area contributed by atoms with Crippen LogP contribution in [0.25, 0.3) is 0 Å². The molecule has 0 spiro atoms. The first-order chi connectivity index (χ1) is 14.7. The van der Waals surface area contributed by atoms with Crippen LogP contribution < -0.4 is 5.32 Å². The van der Waals surface area contributed by atoms with Crippen molar-refractivity contribution in [3.8, 4) is 0 Å². The number of piperidine rings is 1. The van der Waals surface area contributed by atoms with Crippen molar-refractivity contribution in [2.24, 2.45) is 0 Å². The van der Waals surface area contributed by atoms with E-state index in [9.17, 15) is 9.90 Å². The molecular weight excluding hydrogens is 378 g/mol. The van der Waals surface area contributed by atoms with Gasteiger partial charge in [0, 0.05) is 31.7 Å². The van der Waals surface area contributed by atoms with Gasteiger partial charge in [-0.05, 0) is 41.7 Å². The third-order valence-corrected chi connectivity index (χ3v) is 5.47. The van der Waals surface area contributed by atoms with Crippen LogP contribution in [0.15, 0.2) is 61.2 Å². The van der Waals surface area contributed by atoms with Gasteiger partial charge >= 0.3 is 0 Å². The number of aromatic nitrogens is 3. The molecule has 0 atom stereocenters. The molecule has 3 aromatic rings. The summed E-state index contributed by atoms with van der Waals surface area (Å²) < 4.78 is 1.74. The molecule has 0 aliphatic carbocycles. The molecule has 0 bridgehead atoms. The summed E-state index contributed by atoms with van der Waals surface area (Å²) in [6.07, 6.45) is 4.74. The largest absolute Gasteiger partial charge is 0.393 e.